The molecule has 0 N–H and O–H groups in total. The number of nitrogens with zero attached hydrogens (tertiary/aromatic N) is 3. The molecule has 1 saturated heterocycles. The minimum Gasteiger partial charge on any atom is -0.444 e. The Morgan fingerprint density at radius 2 is 1.56 bits per heavy atom. The Labute approximate surface area is 286 Å². The molecule has 2 aromatic rings. The lowest BCUT2D eigenvalue weighted by Gasteiger charge is -2.41. The van der Waals surface area contributed by atoms with Crippen LogP contribution in [-0.4, -0.2) is 103 Å². The molecule has 0 radical (unpaired) electrons. The van der Waals surface area contributed by atoms with E-state index in [0.29, 0.717) is 61.5 Å². The number of methoxy groups -OCH3 is 2. The summed E-state index contributed by atoms with van der Waals surface area (Å²) in [6.07, 6.45) is 3.34. The molecule has 3 rings (SSSR count). The van der Waals surface area contributed by atoms with Crippen molar-refractivity contribution in [2.24, 2.45) is 0 Å². The zero-order valence-corrected chi connectivity index (χ0v) is 30.4. The van der Waals surface area contributed by atoms with Crippen LogP contribution in [0.5, 0.6) is 0 Å². The molecule has 1 atom stereocenters. The Balaban J connectivity index is 1.99. The molecule has 1 aliphatic rings. The fourth-order valence-electron chi connectivity index (χ4n) is 6.22. The lowest BCUT2D eigenvalue weighted by atomic mass is 9.92. The smallest absolute Gasteiger partial charge is 0.410 e. The van der Waals surface area contributed by atoms with Crippen LogP contribution in [0.1, 0.15) is 100 Å². The molecular weight excluding hydrogens is 613 g/mol. The molecule has 1 heterocycles. The Bertz CT molecular complexity index is 1390. The zero-order chi connectivity index (χ0) is 35.6. The maximum atomic E-state index is 15.6. The fourth-order valence-corrected chi connectivity index (χ4v) is 6.22. The average Bonchev–Trinajstić information content (AvgIpc) is 3.02. The topological polar surface area (TPSA) is 88.6 Å². The summed E-state index contributed by atoms with van der Waals surface area (Å²) in [4.78, 5) is 45.9. The molecule has 1 unspecified atom stereocenters. The molecule has 3 amide bonds. The number of carbonyl (C=O) groups excluding carboxylic acids is 3. The lowest BCUT2D eigenvalue weighted by Crippen LogP contribution is -2.54. The van der Waals surface area contributed by atoms with Crippen molar-refractivity contribution < 1.29 is 33.0 Å². The third-order valence-electron chi connectivity index (χ3n) is 8.55. The minimum absolute atomic E-state index is 0.0629. The van der Waals surface area contributed by atoms with Crippen molar-refractivity contribution >= 4 is 17.9 Å². The Kier molecular flexibility index (Phi) is 14.4. The average molecular weight is 670 g/mol. The number of hydrogen-bond acceptors (Lipinski definition) is 6. The number of unbranched alkanes of at least 4 members (excludes halogenated alkanes) is 1. The Morgan fingerprint density at radius 3 is 2.19 bits per heavy atom. The predicted molar refractivity (Wildman–Crippen MR) is 187 cm³/mol. The zero-order valence-electron chi connectivity index (χ0n) is 30.4. The molecule has 1 fully saturated rings. The summed E-state index contributed by atoms with van der Waals surface area (Å²) >= 11 is 0. The van der Waals surface area contributed by atoms with Crippen molar-refractivity contribution in [3.8, 4) is 11.1 Å². The number of rotatable bonds is 14. The number of hydrogen-bond donors (Lipinski definition) is 0. The SMILES string of the molecule is COCCCCc1cc(C(=O)N(C(C)C)C2CCCN(C(=O)OC(C)(C)C)C2)ccc1-c1cc(C(=O)N(CCOC)C(C)C)ccc1F. The Hall–Kier alpha value is -3.50. The number of ether oxygens (including phenoxy) is 3. The first-order chi connectivity index (χ1) is 22.7. The van der Waals surface area contributed by atoms with Crippen molar-refractivity contribution in [3.05, 3.63) is 58.9 Å². The standard InChI is InChI=1S/C38H56FN3O6/c1-26(2)41(20-22-47-9)35(43)30-16-18-34(39)33(24-30)32-17-15-29(23-28(32)13-10-11-21-46-8)36(44)42(27(3)4)31-14-12-19-40(25-31)37(45)48-38(5,6)7/h15-18,23-24,26-27,31H,10-14,19-22,25H2,1-9H3. The van der Waals surface area contributed by atoms with E-state index in [1.54, 1.807) is 42.2 Å². The van der Waals surface area contributed by atoms with E-state index < -0.39 is 11.4 Å². The van der Waals surface area contributed by atoms with Crippen LogP contribution in [-0.2, 0) is 20.6 Å². The second-order valence-corrected chi connectivity index (χ2v) is 14.1. The van der Waals surface area contributed by atoms with Gasteiger partial charge in [0.2, 0.25) is 0 Å². The third kappa shape index (κ3) is 10.5. The van der Waals surface area contributed by atoms with Crippen LogP contribution in [0.3, 0.4) is 0 Å². The highest BCUT2D eigenvalue weighted by Crippen LogP contribution is 2.31. The summed E-state index contributed by atoms with van der Waals surface area (Å²) in [6.45, 7) is 15.8. The molecule has 48 heavy (non-hydrogen) atoms. The molecule has 1 aliphatic heterocycles. The number of aryl methyl sites for hydroxylation is 1. The van der Waals surface area contributed by atoms with Gasteiger partial charge >= 0.3 is 6.09 Å². The van der Waals surface area contributed by atoms with Gasteiger partial charge in [-0.05, 0) is 122 Å². The van der Waals surface area contributed by atoms with E-state index in [-0.39, 0.29) is 36.0 Å². The Morgan fingerprint density at radius 1 is 0.896 bits per heavy atom. The predicted octanol–water partition coefficient (Wildman–Crippen LogP) is 7.21. The van der Waals surface area contributed by atoms with Crippen molar-refractivity contribution in [1.82, 2.24) is 14.7 Å². The summed E-state index contributed by atoms with van der Waals surface area (Å²) in [7, 11) is 3.25. The van der Waals surface area contributed by atoms with E-state index >= 15 is 4.39 Å². The van der Waals surface area contributed by atoms with Gasteiger partial charge in [-0.1, -0.05) is 6.07 Å². The molecular formula is C38H56FN3O6. The van der Waals surface area contributed by atoms with E-state index in [9.17, 15) is 14.4 Å². The van der Waals surface area contributed by atoms with Crippen LogP contribution in [0, 0.1) is 5.82 Å². The molecule has 266 valence electrons. The van der Waals surface area contributed by atoms with Gasteiger partial charge in [0.25, 0.3) is 11.8 Å². The second kappa shape index (κ2) is 17.8. The normalized spacial score (nSPS) is 15.2. The van der Waals surface area contributed by atoms with Gasteiger partial charge < -0.3 is 28.9 Å². The van der Waals surface area contributed by atoms with Crippen LogP contribution < -0.4 is 0 Å². The van der Waals surface area contributed by atoms with E-state index in [0.717, 1.165) is 31.2 Å². The van der Waals surface area contributed by atoms with Crippen molar-refractivity contribution in [2.45, 2.75) is 104 Å². The summed E-state index contributed by atoms with van der Waals surface area (Å²) in [6, 6.07) is 9.52. The van der Waals surface area contributed by atoms with Gasteiger partial charge in [-0.15, -0.1) is 0 Å². The monoisotopic (exact) mass is 669 g/mol. The molecule has 0 saturated carbocycles. The summed E-state index contributed by atoms with van der Waals surface area (Å²) in [5.74, 6) is -0.775. The molecule has 0 aromatic heterocycles. The van der Waals surface area contributed by atoms with Crippen LogP contribution in [0.15, 0.2) is 36.4 Å². The molecule has 2 aromatic carbocycles. The van der Waals surface area contributed by atoms with Crippen molar-refractivity contribution in [1.29, 1.82) is 0 Å². The number of benzene rings is 2. The molecule has 0 aliphatic carbocycles. The number of likely N-dealkylation sites (tertiary alicyclic amines) is 1. The number of piperidine rings is 1. The number of carbonyl (C=O) groups is 3. The molecule has 9 nitrogen and oxygen atoms in total. The first-order valence-electron chi connectivity index (χ1n) is 17.2. The van der Waals surface area contributed by atoms with Gasteiger partial charge in [0.05, 0.1) is 12.6 Å². The van der Waals surface area contributed by atoms with E-state index in [1.807, 2.05) is 59.4 Å². The maximum absolute atomic E-state index is 15.6. The molecule has 0 spiro atoms. The second-order valence-electron chi connectivity index (χ2n) is 14.1. The van der Waals surface area contributed by atoms with Crippen molar-refractivity contribution in [2.75, 3.05) is 47.1 Å². The van der Waals surface area contributed by atoms with E-state index in [4.69, 9.17) is 14.2 Å². The molecule has 10 heteroatoms. The fraction of sp³-hybridized carbons (Fsp3) is 0.605. The summed E-state index contributed by atoms with van der Waals surface area (Å²) in [5, 5.41) is 0. The highest BCUT2D eigenvalue weighted by Gasteiger charge is 2.34. The lowest BCUT2D eigenvalue weighted by molar-refractivity contribution is 0.00752. The first-order valence-corrected chi connectivity index (χ1v) is 17.2. The minimum atomic E-state index is -0.608. The highest BCUT2D eigenvalue weighted by atomic mass is 19.1. The van der Waals surface area contributed by atoms with Gasteiger partial charge in [-0.2, -0.15) is 0 Å². The largest absolute Gasteiger partial charge is 0.444 e. The third-order valence-corrected chi connectivity index (χ3v) is 8.55. The number of halogens is 1. The van der Waals surface area contributed by atoms with Gasteiger partial charge in [-0.3, -0.25) is 9.59 Å². The summed E-state index contributed by atoms with van der Waals surface area (Å²) in [5.41, 5.74) is 2.07. The maximum Gasteiger partial charge on any atom is 0.410 e. The van der Waals surface area contributed by atoms with Crippen LogP contribution >= 0.6 is 0 Å². The highest BCUT2D eigenvalue weighted by molar-refractivity contribution is 5.97. The van der Waals surface area contributed by atoms with Crippen LogP contribution in [0.25, 0.3) is 11.1 Å². The molecule has 0 bridgehead atoms. The first kappa shape index (κ1) is 38.9. The van der Waals surface area contributed by atoms with Crippen LogP contribution in [0.2, 0.25) is 0 Å². The van der Waals surface area contributed by atoms with Gasteiger partial charge in [0.15, 0.2) is 0 Å². The van der Waals surface area contributed by atoms with Crippen molar-refractivity contribution in [3.63, 3.8) is 0 Å². The van der Waals surface area contributed by atoms with Gasteiger partial charge in [-0.25, -0.2) is 9.18 Å². The quantitative estimate of drug-likeness (QED) is 0.198. The van der Waals surface area contributed by atoms with Crippen LogP contribution in [0.4, 0.5) is 9.18 Å². The van der Waals surface area contributed by atoms with Gasteiger partial charge in [0.1, 0.15) is 11.4 Å². The van der Waals surface area contributed by atoms with Gasteiger partial charge in [0, 0.05) is 69.2 Å². The van der Waals surface area contributed by atoms with E-state index in [2.05, 4.69) is 0 Å². The number of amides is 3. The summed E-state index contributed by atoms with van der Waals surface area (Å²) < 4.78 is 31.7. The van der Waals surface area contributed by atoms with E-state index in [1.165, 1.54) is 12.1 Å².